The van der Waals surface area contributed by atoms with Crippen molar-refractivity contribution < 1.29 is 0 Å². The van der Waals surface area contributed by atoms with Gasteiger partial charge in [-0.1, -0.05) is 13.8 Å². The molecular weight excluding hydrogens is 228 g/mol. The van der Waals surface area contributed by atoms with E-state index in [1.165, 1.54) is 44.6 Å². The van der Waals surface area contributed by atoms with Gasteiger partial charge in [0.05, 0.1) is 0 Å². The predicted molar refractivity (Wildman–Crippen MR) is 75.6 cm³/mol. The Labute approximate surface area is 110 Å². The van der Waals surface area contributed by atoms with E-state index >= 15 is 0 Å². The average Bonchev–Trinajstić information content (AvgIpc) is 2.89. The summed E-state index contributed by atoms with van der Waals surface area (Å²) in [5.41, 5.74) is 0. The number of nitrogens with zero attached hydrogens (tertiary/aromatic N) is 1. The van der Waals surface area contributed by atoms with Gasteiger partial charge in [0.2, 0.25) is 0 Å². The van der Waals surface area contributed by atoms with Gasteiger partial charge in [-0.15, -0.1) is 0 Å². The van der Waals surface area contributed by atoms with Crippen molar-refractivity contribution in [3.8, 4) is 0 Å². The Bertz CT molecular complexity index is 269. The van der Waals surface area contributed by atoms with Gasteiger partial charge in [-0.2, -0.15) is 11.8 Å². The highest BCUT2D eigenvalue weighted by Gasteiger charge is 2.46. The Morgan fingerprint density at radius 3 is 3.00 bits per heavy atom. The second-order valence-electron chi connectivity index (χ2n) is 6.04. The molecule has 3 rings (SSSR count). The van der Waals surface area contributed by atoms with E-state index in [9.17, 15) is 0 Å². The summed E-state index contributed by atoms with van der Waals surface area (Å²) in [6.07, 6.45) is 4.22. The molecular formula is C14H26N2S. The largest absolute Gasteiger partial charge is 0.316 e. The standard InChI is InChI=1S/C14H26N2S/c1-3-13-12-8-15-7-11(12)9-16(13)14-5-4-6-17-10(14)2/h10-15H,3-9H2,1-2H3. The number of likely N-dealkylation sites (tertiary alicyclic amines) is 1. The third-order valence-electron chi connectivity index (χ3n) is 5.17. The quantitative estimate of drug-likeness (QED) is 0.813. The maximum Gasteiger partial charge on any atom is 0.0215 e. The monoisotopic (exact) mass is 254 g/mol. The van der Waals surface area contributed by atoms with Gasteiger partial charge in [0.25, 0.3) is 0 Å². The van der Waals surface area contributed by atoms with Crippen LogP contribution in [0.5, 0.6) is 0 Å². The SMILES string of the molecule is CCC1C2CNCC2CN1C1CCCSC1C. The highest BCUT2D eigenvalue weighted by molar-refractivity contribution is 7.99. The summed E-state index contributed by atoms with van der Waals surface area (Å²) in [4.78, 5) is 2.90. The lowest BCUT2D eigenvalue weighted by Gasteiger charge is -2.40. The zero-order valence-electron chi connectivity index (χ0n) is 11.2. The Morgan fingerprint density at radius 2 is 2.24 bits per heavy atom. The van der Waals surface area contributed by atoms with E-state index in [0.717, 1.165) is 29.2 Å². The average molecular weight is 254 g/mol. The van der Waals surface area contributed by atoms with Gasteiger partial charge in [0, 0.05) is 23.9 Å². The summed E-state index contributed by atoms with van der Waals surface area (Å²) >= 11 is 2.20. The van der Waals surface area contributed by atoms with Crippen LogP contribution in [0, 0.1) is 11.8 Å². The van der Waals surface area contributed by atoms with Crippen molar-refractivity contribution in [2.45, 2.75) is 50.4 Å². The van der Waals surface area contributed by atoms with Crippen LogP contribution in [0.15, 0.2) is 0 Å². The van der Waals surface area contributed by atoms with Crippen molar-refractivity contribution in [3.05, 3.63) is 0 Å². The molecule has 3 aliphatic rings. The van der Waals surface area contributed by atoms with Crippen LogP contribution in [-0.2, 0) is 0 Å². The van der Waals surface area contributed by atoms with Gasteiger partial charge in [0.1, 0.15) is 0 Å². The number of nitrogens with one attached hydrogen (secondary N) is 1. The van der Waals surface area contributed by atoms with E-state index in [2.05, 4.69) is 35.8 Å². The van der Waals surface area contributed by atoms with Crippen LogP contribution in [0.3, 0.4) is 0 Å². The second-order valence-corrected chi connectivity index (χ2v) is 7.53. The van der Waals surface area contributed by atoms with E-state index in [1.807, 2.05) is 0 Å². The molecule has 0 saturated carbocycles. The summed E-state index contributed by atoms with van der Waals surface area (Å²) < 4.78 is 0. The summed E-state index contributed by atoms with van der Waals surface area (Å²) in [5.74, 6) is 3.27. The third kappa shape index (κ3) is 2.15. The minimum atomic E-state index is 0.851. The van der Waals surface area contributed by atoms with Crippen LogP contribution in [0.4, 0.5) is 0 Å². The van der Waals surface area contributed by atoms with Crippen molar-refractivity contribution in [1.82, 2.24) is 10.2 Å². The molecule has 98 valence electrons. The topological polar surface area (TPSA) is 15.3 Å². The lowest BCUT2D eigenvalue weighted by molar-refractivity contribution is 0.143. The smallest absolute Gasteiger partial charge is 0.0215 e. The zero-order valence-corrected chi connectivity index (χ0v) is 12.0. The molecule has 3 heterocycles. The predicted octanol–water partition coefficient (Wildman–Crippen LogP) is 2.20. The van der Waals surface area contributed by atoms with Crippen LogP contribution in [-0.4, -0.2) is 47.6 Å². The molecule has 0 aromatic heterocycles. The van der Waals surface area contributed by atoms with Gasteiger partial charge in [0.15, 0.2) is 0 Å². The van der Waals surface area contributed by atoms with Crippen molar-refractivity contribution in [2.75, 3.05) is 25.4 Å². The number of rotatable bonds is 2. The zero-order chi connectivity index (χ0) is 11.8. The molecule has 0 bridgehead atoms. The maximum atomic E-state index is 3.59. The summed E-state index contributed by atoms with van der Waals surface area (Å²) in [5, 5.41) is 4.44. The van der Waals surface area contributed by atoms with Crippen molar-refractivity contribution in [2.24, 2.45) is 11.8 Å². The highest BCUT2D eigenvalue weighted by atomic mass is 32.2. The number of thioether (sulfide) groups is 1. The van der Waals surface area contributed by atoms with Crippen LogP contribution in [0.25, 0.3) is 0 Å². The van der Waals surface area contributed by atoms with Crippen molar-refractivity contribution >= 4 is 11.8 Å². The second kappa shape index (κ2) is 5.10. The van der Waals surface area contributed by atoms with Crippen LogP contribution in [0.2, 0.25) is 0 Å². The third-order valence-corrected chi connectivity index (χ3v) is 6.53. The minimum absolute atomic E-state index is 0.851. The van der Waals surface area contributed by atoms with Crippen LogP contribution >= 0.6 is 11.8 Å². The molecule has 0 aliphatic carbocycles. The van der Waals surface area contributed by atoms with Gasteiger partial charge >= 0.3 is 0 Å². The molecule has 3 aliphatic heterocycles. The molecule has 5 unspecified atom stereocenters. The highest BCUT2D eigenvalue weighted by Crippen LogP contribution is 2.40. The van der Waals surface area contributed by atoms with Gasteiger partial charge in [-0.3, -0.25) is 4.90 Å². The van der Waals surface area contributed by atoms with Crippen molar-refractivity contribution in [1.29, 1.82) is 0 Å². The van der Waals surface area contributed by atoms with E-state index in [1.54, 1.807) is 0 Å². The molecule has 0 amide bonds. The first-order valence-corrected chi connectivity index (χ1v) is 8.44. The Kier molecular flexibility index (Phi) is 3.69. The van der Waals surface area contributed by atoms with E-state index in [0.29, 0.717) is 0 Å². The summed E-state index contributed by atoms with van der Waals surface area (Å²) in [6.45, 7) is 8.75. The molecule has 0 aromatic rings. The molecule has 17 heavy (non-hydrogen) atoms. The molecule has 0 aromatic carbocycles. The van der Waals surface area contributed by atoms with Crippen LogP contribution < -0.4 is 5.32 Å². The van der Waals surface area contributed by atoms with Gasteiger partial charge in [-0.25, -0.2) is 0 Å². The fraction of sp³-hybridized carbons (Fsp3) is 1.00. The number of fused-ring (bicyclic) bond motifs is 1. The Balaban J connectivity index is 1.73. The fourth-order valence-electron chi connectivity index (χ4n) is 4.32. The first-order chi connectivity index (χ1) is 8.31. The summed E-state index contributed by atoms with van der Waals surface area (Å²) in [7, 11) is 0. The molecule has 3 heteroatoms. The molecule has 3 fully saturated rings. The normalized spacial score (nSPS) is 47.3. The van der Waals surface area contributed by atoms with Gasteiger partial charge in [-0.05, 0) is 49.9 Å². The molecule has 0 spiro atoms. The van der Waals surface area contributed by atoms with E-state index < -0.39 is 0 Å². The molecule has 2 nitrogen and oxygen atoms in total. The van der Waals surface area contributed by atoms with E-state index in [-0.39, 0.29) is 0 Å². The molecule has 3 saturated heterocycles. The maximum absolute atomic E-state index is 3.59. The molecule has 1 N–H and O–H groups in total. The first kappa shape index (κ1) is 12.3. The lowest BCUT2D eigenvalue weighted by atomic mass is 9.92. The van der Waals surface area contributed by atoms with Crippen molar-refractivity contribution in [3.63, 3.8) is 0 Å². The van der Waals surface area contributed by atoms with E-state index in [4.69, 9.17) is 0 Å². The van der Waals surface area contributed by atoms with Crippen LogP contribution in [0.1, 0.15) is 33.1 Å². The fourth-order valence-corrected chi connectivity index (χ4v) is 5.54. The number of hydrogen-bond donors (Lipinski definition) is 1. The molecule has 0 radical (unpaired) electrons. The molecule has 5 atom stereocenters. The first-order valence-electron chi connectivity index (χ1n) is 7.39. The minimum Gasteiger partial charge on any atom is -0.316 e. The van der Waals surface area contributed by atoms with Gasteiger partial charge < -0.3 is 5.32 Å². The Hall–Kier alpha value is 0.270. The number of hydrogen-bond acceptors (Lipinski definition) is 3. The Morgan fingerprint density at radius 1 is 1.35 bits per heavy atom. The summed E-state index contributed by atoms with van der Waals surface area (Å²) in [6, 6.07) is 1.73. The lowest BCUT2D eigenvalue weighted by Crippen LogP contribution is -2.47.